The fourth-order valence-corrected chi connectivity index (χ4v) is 2.26. The number of carbonyl (C=O) groups excluding carboxylic acids is 2. The van der Waals surface area contributed by atoms with Crippen LogP contribution in [0.1, 0.15) is 28.7 Å². The molecule has 0 saturated carbocycles. The summed E-state index contributed by atoms with van der Waals surface area (Å²) in [7, 11) is 0. The second-order valence-corrected chi connectivity index (χ2v) is 6.14. The number of nitrogens with one attached hydrogen (secondary N) is 2. The highest BCUT2D eigenvalue weighted by atomic mass is 16.5. The summed E-state index contributed by atoms with van der Waals surface area (Å²) < 4.78 is 5.49. The number of hydrazine groups is 1. The van der Waals surface area contributed by atoms with Crippen molar-refractivity contribution in [3.8, 4) is 5.75 Å². The van der Waals surface area contributed by atoms with Gasteiger partial charge in [0, 0.05) is 6.42 Å². The van der Waals surface area contributed by atoms with E-state index in [1.807, 2.05) is 63.2 Å². The summed E-state index contributed by atoms with van der Waals surface area (Å²) in [4.78, 5) is 23.6. The maximum Gasteiger partial charge on any atom is 0.276 e. The third-order valence-corrected chi connectivity index (χ3v) is 3.81. The molecule has 0 saturated heterocycles. The fraction of sp³-hybridized carbons (Fsp3) is 0.300. The second-order valence-electron chi connectivity index (χ2n) is 6.14. The van der Waals surface area contributed by atoms with E-state index in [-0.39, 0.29) is 12.5 Å². The Hall–Kier alpha value is -2.82. The van der Waals surface area contributed by atoms with E-state index < -0.39 is 5.91 Å². The van der Waals surface area contributed by atoms with Gasteiger partial charge >= 0.3 is 0 Å². The molecule has 2 aromatic carbocycles. The molecule has 0 radical (unpaired) electrons. The first-order chi connectivity index (χ1) is 11.9. The molecule has 0 bridgehead atoms. The number of rotatable bonds is 6. The van der Waals surface area contributed by atoms with Crippen LogP contribution < -0.4 is 15.6 Å². The number of amides is 2. The maximum atomic E-state index is 11.8. The largest absolute Gasteiger partial charge is 0.483 e. The molecule has 0 aliphatic carbocycles. The zero-order chi connectivity index (χ0) is 18.2. The van der Waals surface area contributed by atoms with Crippen LogP contribution in [-0.4, -0.2) is 18.4 Å². The monoisotopic (exact) mass is 340 g/mol. The molecule has 0 heterocycles. The predicted molar refractivity (Wildman–Crippen MR) is 97.2 cm³/mol. The molecule has 0 spiro atoms. The Bertz CT molecular complexity index is 739. The first-order valence-corrected chi connectivity index (χ1v) is 8.27. The van der Waals surface area contributed by atoms with Crippen LogP contribution in [-0.2, 0) is 16.0 Å². The highest BCUT2D eigenvalue weighted by molar-refractivity contribution is 5.82. The molecule has 132 valence electrons. The number of carbonyl (C=O) groups is 2. The number of aryl methyl sites for hydroxylation is 4. The van der Waals surface area contributed by atoms with Crippen molar-refractivity contribution >= 4 is 11.8 Å². The van der Waals surface area contributed by atoms with E-state index in [1.54, 1.807) is 0 Å². The van der Waals surface area contributed by atoms with Crippen molar-refractivity contribution < 1.29 is 14.3 Å². The molecule has 0 atom stereocenters. The molecule has 0 aliphatic heterocycles. The van der Waals surface area contributed by atoms with Crippen LogP contribution >= 0.6 is 0 Å². The first kappa shape index (κ1) is 18.5. The molecule has 2 rings (SSSR count). The number of hydrogen-bond acceptors (Lipinski definition) is 3. The molecule has 0 aliphatic rings. The van der Waals surface area contributed by atoms with Gasteiger partial charge in [-0.05, 0) is 49.9 Å². The van der Waals surface area contributed by atoms with Gasteiger partial charge in [0.2, 0.25) is 5.91 Å². The van der Waals surface area contributed by atoms with Crippen molar-refractivity contribution in [1.29, 1.82) is 0 Å². The Labute approximate surface area is 148 Å². The van der Waals surface area contributed by atoms with E-state index in [0.29, 0.717) is 18.6 Å². The summed E-state index contributed by atoms with van der Waals surface area (Å²) in [6.45, 7) is 5.75. The number of ether oxygens (including phenoxy) is 1. The van der Waals surface area contributed by atoms with Gasteiger partial charge in [-0.15, -0.1) is 0 Å². The van der Waals surface area contributed by atoms with Crippen LogP contribution in [0.3, 0.4) is 0 Å². The van der Waals surface area contributed by atoms with Crippen molar-refractivity contribution in [1.82, 2.24) is 10.9 Å². The molecule has 25 heavy (non-hydrogen) atoms. The van der Waals surface area contributed by atoms with Gasteiger partial charge < -0.3 is 4.74 Å². The minimum Gasteiger partial charge on any atom is -0.483 e. The van der Waals surface area contributed by atoms with Crippen molar-refractivity contribution in [2.24, 2.45) is 0 Å². The lowest BCUT2D eigenvalue weighted by Gasteiger charge is -2.11. The van der Waals surface area contributed by atoms with Gasteiger partial charge in [0.05, 0.1) is 0 Å². The van der Waals surface area contributed by atoms with E-state index in [0.717, 1.165) is 16.7 Å². The van der Waals surface area contributed by atoms with Gasteiger partial charge in [-0.25, -0.2) is 0 Å². The maximum absolute atomic E-state index is 11.8. The van der Waals surface area contributed by atoms with Gasteiger partial charge in [0.1, 0.15) is 5.75 Å². The topological polar surface area (TPSA) is 67.4 Å². The molecule has 5 heteroatoms. The molecular formula is C20H24N2O3. The van der Waals surface area contributed by atoms with Crippen LogP contribution in [0.25, 0.3) is 0 Å². The van der Waals surface area contributed by atoms with Crippen molar-refractivity contribution in [3.05, 3.63) is 64.7 Å². The zero-order valence-electron chi connectivity index (χ0n) is 14.9. The SMILES string of the molecule is Cc1ccc(CCC(=O)NNC(=O)COc2cc(C)ccc2C)cc1. The van der Waals surface area contributed by atoms with E-state index in [9.17, 15) is 9.59 Å². The highest BCUT2D eigenvalue weighted by Gasteiger charge is 2.07. The molecule has 2 aromatic rings. The number of benzene rings is 2. The molecule has 2 amide bonds. The molecule has 2 N–H and O–H groups in total. The fourth-order valence-electron chi connectivity index (χ4n) is 2.26. The lowest BCUT2D eigenvalue weighted by Crippen LogP contribution is -2.43. The summed E-state index contributed by atoms with van der Waals surface area (Å²) in [5.41, 5.74) is 9.07. The molecule has 0 unspecified atom stereocenters. The van der Waals surface area contributed by atoms with Crippen molar-refractivity contribution in [2.45, 2.75) is 33.6 Å². The summed E-state index contributed by atoms with van der Waals surface area (Å²) in [5, 5.41) is 0. The highest BCUT2D eigenvalue weighted by Crippen LogP contribution is 2.18. The van der Waals surface area contributed by atoms with Crippen LogP contribution in [0.4, 0.5) is 0 Å². The smallest absolute Gasteiger partial charge is 0.276 e. The van der Waals surface area contributed by atoms with Gasteiger partial charge in [0.25, 0.3) is 5.91 Å². The summed E-state index contributed by atoms with van der Waals surface area (Å²) in [6.07, 6.45) is 0.933. The van der Waals surface area contributed by atoms with Crippen LogP contribution in [0.15, 0.2) is 42.5 Å². The standard InChI is InChI=1S/C20H24N2O3/c1-14-5-8-17(9-6-14)10-11-19(23)21-22-20(24)13-25-18-12-15(2)4-7-16(18)3/h4-9,12H,10-11,13H2,1-3H3,(H,21,23)(H,22,24). The molecule has 5 nitrogen and oxygen atoms in total. The third kappa shape index (κ3) is 6.30. The van der Waals surface area contributed by atoms with E-state index >= 15 is 0 Å². The van der Waals surface area contributed by atoms with Crippen molar-refractivity contribution in [3.63, 3.8) is 0 Å². The van der Waals surface area contributed by atoms with E-state index in [2.05, 4.69) is 10.9 Å². The Balaban J connectivity index is 1.69. The minimum absolute atomic E-state index is 0.150. The van der Waals surface area contributed by atoms with Gasteiger partial charge in [-0.2, -0.15) is 0 Å². The zero-order valence-corrected chi connectivity index (χ0v) is 14.9. The Morgan fingerprint density at radius 2 is 1.52 bits per heavy atom. The van der Waals surface area contributed by atoms with Gasteiger partial charge in [-0.1, -0.05) is 42.0 Å². The molecule has 0 aromatic heterocycles. The van der Waals surface area contributed by atoms with Gasteiger partial charge in [-0.3, -0.25) is 20.4 Å². The first-order valence-electron chi connectivity index (χ1n) is 8.27. The number of hydrogen-bond donors (Lipinski definition) is 2. The lowest BCUT2D eigenvalue weighted by molar-refractivity contribution is -0.130. The summed E-state index contributed by atoms with van der Waals surface area (Å²) in [5.74, 6) is 0.0334. The Kier molecular flexibility index (Phi) is 6.57. The predicted octanol–water partition coefficient (Wildman–Crippen LogP) is 2.77. The summed E-state index contributed by atoms with van der Waals surface area (Å²) >= 11 is 0. The summed E-state index contributed by atoms with van der Waals surface area (Å²) in [6, 6.07) is 13.8. The quantitative estimate of drug-likeness (QED) is 0.795. The van der Waals surface area contributed by atoms with Crippen LogP contribution in [0, 0.1) is 20.8 Å². The van der Waals surface area contributed by atoms with E-state index in [1.165, 1.54) is 5.56 Å². The third-order valence-electron chi connectivity index (χ3n) is 3.81. The average Bonchev–Trinajstić information content (AvgIpc) is 2.60. The van der Waals surface area contributed by atoms with Crippen molar-refractivity contribution in [2.75, 3.05) is 6.61 Å². The minimum atomic E-state index is -0.399. The normalized spacial score (nSPS) is 10.2. The second kappa shape index (κ2) is 8.87. The molecular weight excluding hydrogens is 316 g/mol. The lowest BCUT2D eigenvalue weighted by atomic mass is 10.1. The Morgan fingerprint density at radius 3 is 2.24 bits per heavy atom. The van der Waals surface area contributed by atoms with E-state index in [4.69, 9.17) is 4.74 Å². The Morgan fingerprint density at radius 1 is 0.880 bits per heavy atom. The van der Waals surface area contributed by atoms with Crippen LogP contribution in [0.2, 0.25) is 0 Å². The molecule has 0 fully saturated rings. The average molecular weight is 340 g/mol. The van der Waals surface area contributed by atoms with Crippen LogP contribution in [0.5, 0.6) is 5.75 Å². The van der Waals surface area contributed by atoms with Gasteiger partial charge in [0.15, 0.2) is 6.61 Å².